The number of carbonyl (C=O) groups excluding carboxylic acids is 2. The Bertz CT molecular complexity index is 760. The van der Waals surface area contributed by atoms with E-state index in [0.29, 0.717) is 5.69 Å². The van der Waals surface area contributed by atoms with Crippen LogP contribution in [-0.2, 0) is 9.59 Å². The number of anilines is 2. The van der Waals surface area contributed by atoms with Crippen LogP contribution in [0, 0.1) is 19.7 Å². The summed E-state index contributed by atoms with van der Waals surface area (Å²) in [5, 5.41) is 5.47. The van der Waals surface area contributed by atoms with Crippen LogP contribution in [-0.4, -0.2) is 36.9 Å². The molecule has 0 heterocycles. The van der Waals surface area contributed by atoms with Crippen molar-refractivity contribution in [3.63, 3.8) is 0 Å². The van der Waals surface area contributed by atoms with Crippen molar-refractivity contribution in [2.45, 2.75) is 13.8 Å². The van der Waals surface area contributed by atoms with Gasteiger partial charge >= 0.3 is 0 Å². The second-order valence-electron chi connectivity index (χ2n) is 6.07. The zero-order valence-electron chi connectivity index (χ0n) is 14.6. The van der Waals surface area contributed by atoms with E-state index in [2.05, 4.69) is 10.6 Å². The van der Waals surface area contributed by atoms with Crippen molar-refractivity contribution in [3.05, 3.63) is 59.4 Å². The summed E-state index contributed by atoms with van der Waals surface area (Å²) in [5.41, 5.74) is 3.51. The lowest BCUT2D eigenvalue weighted by atomic mass is 10.1. The highest BCUT2D eigenvalue weighted by atomic mass is 19.1. The highest BCUT2D eigenvalue weighted by molar-refractivity contribution is 5.94. The van der Waals surface area contributed by atoms with Gasteiger partial charge in [0, 0.05) is 11.4 Å². The maximum Gasteiger partial charge on any atom is 0.238 e. The lowest BCUT2D eigenvalue weighted by molar-refractivity contribution is -0.119. The first kappa shape index (κ1) is 18.6. The molecule has 132 valence electrons. The fourth-order valence-corrected chi connectivity index (χ4v) is 2.30. The van der Waals surface area contributed by atoms with Crippen LogP contribution < -0.4 is 10.6 Å². The number of hydrogen-bond acceptors (Lipinski definition) is 3. The number of likely N-dealkylation sites (N-methyl/N-ethyl adjacent to an activating group) is 1. The molecule has 0 unspecified atom stereocenters. The molecule has 0 spiro atoms. The van der Waals surface area contributed by atoms with Gasteiger partial charge in [-0.25, -0.2) is 4.39 Å². The van der Waals surface area contributed by atoms with Gasteiger partial charge in [-0.1, -0.05) is 6.07 Å². The average Bonchev–Trinajstić information content (AvgIpc) is 2.52. The van der Waals surface area contributed by atoms with Gasteiger partial charge in [-0.05, 0) is 68.4 Å². The van der Waals surface area contributed by atoms with Crippen molar-refractivity contribution in [1.29, 1.82) is 0 Å². The predicted molar refractivity (Wildman–Crippen MR) is 97.1 cm³/mol. The monoisotopic (exact) mass is 343 g/mol. The van der Waals surface area contributed by atoms with Crippen molar-refractivity contribution in [2.75, 3.05) is 30.8 Å². The third-order valence-corrected chi connectivity index (χ3v) is 3.75. The van der Waals surface area contributed by atoms with Gasteiger partial charge in [0.15, 0.2) is 0 Å². The van der Waals surface area contributed by atoms with E-state index in [1.165, 1.54) is 24.3 Å². The molecule has 0 aromatic heterocycles. The van der Waals surface area contributed by atoms with Crippen molar-refractivity contribution >= 4 is 23.2 Å². The molecule has 2 amide bonds. The van der Waals surface area contributed by atoms with E-state index < -0.39 is 0 Å². The molecule has 0 atom stereocenters. The maximum atomic E-state index is 12.8. The van der Waals surface area contributed by atoms with E-state index in [0.717, 1.165) is 16.8 Å². The first-order valence-corrected chi connectivity index (χ1v) is 7.94. The molecule has 0 bridgehead atoms. The summed E-state index contributed by atoms with van der Waals surface area (Å²) in [6, 6.07) is 11.2. The molecular formula is C19H22FN3O2. The maximum absolute atomic E-state index is 12.8. The Morgan fingerprint density at radius 3 is 1.96 bits per heavy atom. The second kappa shape index (κ2) is 8.39. The molecule has 0 saturated heterocycles. The van der Waals surface area contributed by atoms with Gasteiger partial charge in [0.05, 0.1) is 13.1 Å². The van der Waals surface area contributed by atoms with Crippen LogP contribution in [0.4, 0.5) is 15.8 Å². The molecular weight excluding hydrogens is 321 g/mol. The summed E-state index contributed by atoms with van der Waals surface area (Å²) < 4.78 is 12.8. The standard InChI is InChI=1S/C19H22FN3O2/c1-13-4-7-17(10-14(13)2)22-19(25)12-23(3)11-18(24)21-16-8-5-15(20)6-9-16/h4-10H,11-12H2,1-3H3,(H,21,24)(H,22,25). The number of benzene rings is 2. The molecule has 0 radical (unpaired) electrons. The van der Waals surface area contributed by atoms with Crippen molar-refractivity contribution in [3.8, 4) is 0 Å². The summed E-state index contributed by atoms with van der Waals surface area (Å²) in [6.45, 7) is 4.13. The fraction of sp³-hybridized carbons (Fsp3) is 0.263. The normalized spacial score (nSPS) is 10.6. The molecule has 6 heteroatoms. The third-order valence-electron chi connectivity index (χ3n) is 3.75. The minimum absolute atomic E-state index is 0.0533. The highest BCUT2D eigenvalue weighted by Crippen LogP contribution is 2.14. The zero-order valence-corrected chi connectivity index (χ0v) is 14.6. The summed E-state index contributed by atoms with van der Waals surface area (Å²) >= 11 is 0. The summed E-state index contributed by atoms with van der Waals surface area (Å²) in [5.74, 6) is -0.827. The van der Waals surface area contributed by atoms with Gasteiger partial charge in [-0.15, -0.1) is 0 Å². The second-order valence-corrected chi connectivity index (χ2v) is 6.07. The van der Waals surface area contributed by atoms with E-state index in [1.807, 2.05) is 32.0 Å². The molecule has 0 aliphatic heterocycles. The number of hydrogen-bond donors (Lipinski definition) is 2. The van der Waals surface area contributed by atoms with Crippen LogP contribution in [0.5, 0.6) is 0 Å². The smallest absolute Gasteiger partial charge is 0.238 e. The Labute approximate surface area is 146 Å². The Kier molecular flexibility index (Phi) is 6.25. The third kappa shape index (κ3) is 6.00. The number of nitrogens with one attached hydrogen (secondary N) is 2. The summed E-state index contributed by atoms with van der Waals surface area (Å²) in [4.78, 5) is 25.6. The van der Waals surface area contributed by atoms with Crippen molar-refractivity contribution in [2.24, 2.45) is 0 Å². The largest absolute Gasteiger partial charge is 0.325 e. The number of nitrogens with zero attached hydrogens (tertiary/aromatic N) is 1. The van der Waals surface area contributed by atoms with Crippen LogP contribution >= 0.6 is 0 Å². The lowest BCUT2D eigenvalue weighted by Gasteiger charge is -2.16. The van der Waals surface area contributed by atoms with E-state index >= 15 is 0 Å². The van der Waals surface area contributed by atoms with Gasteiger partial charge in [-0.3, -0.25) is 14.5 Å². The molecule has 2 aromatic carbocycles. The number of halogens is 1. The Morgan fingerprint density at radius 2 is 1.40 bits per heavy atom. The van der Waals surface area contributed by atoms with Crippen LogP contribution in [0.25, 0.3) is 0 Å². The van der Waals surface area contributed by atoms with E-state index in [1.54, 1.807) is 11.9 Å². The van der Waals surface area contributed by atoms with Crippen molar-refractivity contribution in [1.82, 2.24) is 4.90 Å². The SMILES string of the molecule is Cc1ccc(NC(=O)CN(C)CC(=O)Nc2ccc(F)cc2)cc1C. The zero-order chi connectivity index (χ0) is 18.4. The van der Waals surface area contributed by atoms with E-state index in [9.17, 15) is 14.0 Å². The molecule has 5 nitrogen and oxygen atoms in total. The summed E-state index contributed by atoms with van der Waals surface area (Å²) in [7, 11) is 1.68. The van der Waals surface area contributed by atoms with Gasteiger partial charge in [-0.2, -0.15) is 0 Å². The molecule has 25 heavy (non-hydrogen) atoms. The minimum Gasteiger partial charge on any atom is -0.325 e. The van der Waals surface area contributed by atoms with E-state index in [4.69, 9.17) is 0 Å². The molecule has 2 N–H and O–H groups in total. The predicted octanol–water partition coefficient (Wildman–Crippen LogP) is 2.95. The van der Waals surface area contributed by atoms with Crippen LogP contribution in [0.1, 0.15) is 11.1 Å². The van der Waals surface area contributed by atoms with Gasteiger partial charge < -0.3 is 10.6 Å². The van der Waals surface area contributed by atoms with Crippen LogP contribution in [0.3, 0.4) is 0 Å². The molecule has 0 fully saturated rings. The van der Waals surface area contributed by atoms with Crippen LogP contribution in [0.2, 0.25) is 0 Å². The Hall–Kier alpha value is -2.73. The highest BCUT2D eigenvalue weighted by Gasteiger charge is 2.11. The fourth-order valence-electron chi connectivity index (χ4n) is 2.30. The van der Waals surface area contributed by atoms with Crippen LogP contribution in [0.15, 0.2) is 42.5 Å². The van der Waals surface area contributed by atoms with Crippen molar-refractivity contribution < 1.29 is 14.0 Å². The molecule has 0 aliphatic rings. The Morgan fingerprint density at radius 1 is 0.880 bits per heavy atom. The first-order chi connectivity index (χ1) is 11.8. The Balaban J connectivity index is 1.81. The van der Waals surface area contributed by atoms with Gasteiger partial charge in [0.2, 0.25) is 11.8 Å². The molecule has 0 aliphatic carbocycles. The lowest BCUT2D eigenvalue weighted by Crippen LogP contribution is -2.36. The quantitative estimate of drug-likeness (QED) is 0.848. The topological polar surface area (TPSA) is 61.4 Å². The first-order valence-electron chi connectivity index (χ1n) is 7.94. The number of rotatable bonds is 6. The average molecular weight is 343 g/mol. The summed E-state index contributed by atoms with van der Waals surface area (Å²) in [6.07, 6.45) is 0. The molecule has 2 rings (SSSR count). The molecule has 0 saturated carbocycles. The number of carbonyl (C=O) groups is 2. The molecule has 2 aromatic rings. The number of amides is 2. The number of aryl methyl sites for hydroxylation is 2. The minimum atomic E-state index is -0.363. The van der Waals surface area contributed by atoms with Gasteiger partial charge in [0.25, 0.3) is 0 Å². The van der Waals surface area contributed by atoms with E-state index in [-0.39, 0.29) is 30.7 Å². The van der Waals surface area contributed by atoms with Gasteiger partial charge in [0.1, 0.15) is 5.82 Å².